The van der Waals surface area contributed by atoms with Gasteiger partial charge >= 0.3 is 0 Å². The van der Waals surface area contributed by atoms with Crippen molar-refractivity contribution in [3.8, 4) is 0 Å². The van der Waals surface area contributed by atoms with E-state index in [4.69, 9.17) is 14.5 Å². The molecule has 9 heteroatoms. The molecule has 2 aliphatic heterocycles. The van der Waals surface area contributed by atoms with Crippen molar-refractivity contribution in [2.45, 2.75) is 56.4 Å². The first-order valence-corrected chi connectivity index (χ1v) is 13.7. The fourth-order valence-corrected chi connectivity index (χ4v) is 6.05. The van der Waals surface area contributed by atoms with Gasteiger partial charge in [-0.2, -0.15) is 0 Å². The van der Waals surface area contributed by atoms with Gasteiger partial charge in [0, 0.05) is 37.9 Å². The van der Waals surface area contributed by atoms with Crippen LogP contribution in [0.4, 0.5) is 0 Å². The van der Waals surface area contributed by atoms with Gasteiger partial charge in [0.1, 0.15) is 5.52 Å². The lowest BCUT2D eigenvalue weighted by molar-refractivity contribution is -0.187. The smallest absolute Gasteiger partial charge is 0.235 e. The predicted molar refractivity (Wildman–Crippen MR) is 144 cm³/mol. The maximum Gasteiger partial charge on any atom is 0.235 e. The fraction of sp³-hybridized carbons (Fsp3) is 0.429. The number of ether oxygens (including phenoxy) is 2. The molecule has 2 aliphatic rings. The monoisotopic (exact) mass is 517 g/mol. The zero-order valence-electron chi connectivity index (χ0n) is 21.4. The number of likely N-dealkylation sites (tertiary alicyclic amines) is 1. The van der Waals surface area contributed by atoms with Crippen molar-refractivity contribution < 1.29 is 14.3 Å². The summed E-state index contributed by atoms with van der Waals surface area (Å²) in [5.74, 6) is -0.411. The van der Waals surface area contributed by atoms with Crippen LogP contribution in [0.1, 0.15) is 36.5 Å². The summed E-state index contributed by atoms with van der Waals surface area (Å²) in [6, 6.07) is 14.9. The standard InChI is InChI=1S/C28H31N5O3S/c1-18-4-7-21(8-5-18)17-33-23-9-6-19(2)16-22(23)24-25(33)29-27(31-30-24)37-20(3)26(34)32-12-10-28(11-13-32)35-14-15-36-28/h4-9,16,20H,10-15,17H2,1-3H3. The largest absolute Gasteiger partial charge is 0.347 e. The van der Waals surface area contributed by atoms with Crippen LogP contribution in [0.5, 0.6) is 0 Å². The molecule has 0 saturated carbocycles. The minimum absolute atomic E-state index is 0.0809. The maximum atomic E-state index is 13.2. The van der Waals surface area contributed by atoms with Crippen molar-refractivity contribution in [2.75, 3.05) is 26.3 Å². The van der Waals surface area contributed by atoms with Crippen molar-refractivity contribution in [3.05, 3.63) is 59.2 Å². The van der Waals surface area contributed by atoms with Crippen LogP contribution >= 0.6 is 11.8 Å². The fourth-order valence-electron chi connectivity index (χ4n) is 5.26. The summed E-state index contributed by atoms with van der Waals surface area (Å²) >= 11 is 1.36. The number of rotatable bonds is 5. The van der Waals surface area contributed by atoms with E-state index in [2.05, 4.69) is 71.1 Å². The summed E-state index contributed by atoms with van der Waals surface area (Å²) in [5, 5.41) is 10.2. The molecule has 37 heavy (non-hydrogen) atoms. The normalized spacial score (nSPS) is 18.2. The topological polar surface area (TPSA) is 82.4 Å². The van der Waals surface area contributed by atoms with Crippen molar-refractivity contribution in [3.63, 3.8) is 0 Å². The number of aromatic nitrogens is 4. The second-order valence-corrected chi connectivity index (χ2v) is 11.4. The summed E-state index contributed by atoms with van der Waals surface area (Å²) in [5.41, 5.74) is 6.24. The second kappa shape index (κ2) is 9.70. The molecule has 1 unspecified atom stereocenters. The van der Waals surface area contributed by atoms with E-state index in [1.807, 2.05) is 11.8 Å². The SMILES string of the molecule is Cc1ccc(Cn2c3ccc(C)cc3c3nnc(SC(C)C(=O)N4CCC5(CC4)OCCO5)nc32)cc1. The second-order valence-electron chi connectivity index (χ2n) is 10.1. The van der Waals surface area contributed by atoms with E-state index < -0.39 is 5.79 Å². The van der Waals surface area contributed by atoms with Gasteiger partial charge in [-0.3, -0.25) is 4.79 Å². The molecule has 192 valence electrons. The van der Waals surface area contributed by atoms with Gasteiger partial charge in [-0.25, -0.2) is 4.98 Å². The first kappa shape index (κ1) is 24.3. The molecule has 2 saturated heterocycles. The molecule has 2 aromatic heterocycles. The van der Waals surface area contributed by atoms with Gasteiger partial charge < -0.3 is 18.9 Å². The van der Waals surface area contributed by atoms with Gasteiger partial charge in [-0.1, -0.05) is 53.2 Å². The molecular formula is C28H31N5O3S. The molecule has 6 rings (SSSR count). The van der Waals surface area contributed by atoms with E-state index in [1.54, 1.807) is 0 Å². The molecule has 4 aromatic rings. The Morgan fingerprint density at radius 1 is 1.03 bits per heavy atom. The van der Waals surface area contributed by atoms with Crippen molar-refractivity contribution >= 4 is 39.7 Å². The quantitative estimate of drug-likeness (QED) is 0.361. The molecule has 1 amide bonds. The Morgan fingerprint density at radius 3 is 2.46 bits per heavy atom. The number of aryl methyl sites for hydroxylation is 2. The van der Waals surface area contributed by atoms with Gasteiger partial charge in [-0.15, -0.1) is 10.2 Å². The van der Waals surface area contributed by atoms with Crippen molar-refractivity contribution in [1.82, 2.24) is 24.6 Å². The highest BCUT2D eigenvalue weighted by Gasteiger charge is 2.41. The number of thioether (sulfide) groups is 1. The van der Waals surface area contributed by atoms with Crippen molar-refractivity contribution in [1.29, 1.82) is 0 Å². The van der Waals surface area contributed by atoms with Crippen LogP contribution in [0.3, 0.4) is 0 Å². The minimum Gasteiger partial charge on any atom is -0.347 e. The molecule has 1 spiro atoms. The highest BCUT2D eigenvalue weighted by atomic mass is 32.2. The Hall–Kier alpha value is -3.01. The third-order valence-corrected chi connectivity index (χ3v) is 8.28. The summed E-state index contributed by atoms with van der Waals surface area (Å²) in [6.45, 7) is 9.29. The summed E-state index contributed by atoms with van der Waals surface area (Å²) < 4.78 is 13.8. The average molecular weight is 518 g/mol. The van der Waals surface area contributed by atoms with Gasteiger partial charge in [0.25, 0.3) is 0 Å². The van der Waals surface area contributed by atoms with Gasteiger partial charge in [0.15, 0.2) is 11.4 Å². The molecule has 8 nitrogen and oxygen atoms in total. The van der Waals surface area contributed by atoms with Crippen LogP contribution in [-0.4, -0.2) is 67.9 Å². The van der Waals surface area contributed by atoms with E-state index in [9.17, 15) is 4.79 Å². The number of carbonyl (C=O) groups is 1. The van der Waals surface area contributed by atoms with E-state index in [0.29, 0.717) is 50.8 Å². The zero-order valence-corrected chi connectivity index (χ0v) is 22.3. The average Bonchev–Trinajstić information content (AvgIpc) is 3.47. The lowest BCUT2D eigenvalue weighted by Gasteiger charge is -2.38. The summed E-state index contributed by atoms with van der Waals surface area (Å²) in [4.78, 5) is 20.0. The minimum atomic E-state index is -0.492. The lowest BCUT2D eigenvalue weighted by Crippen LogP contribution is -2.49. The first-order chi connectivity index (χ1) is 17.9. The highest BCUT2D eigenvalue weighted by Crippen LogP contribution is 2.33. The van der Waals surface area contributed by atoms with Crippen LogP contribution in [-0.2, 0) is 20.8 Å². The Balaban J connectivity index is 1.26. The summed E-state index contributed by atoms with van der Waals surface area (Å²) in [6.07, 6.45) is 1.41. The van der Waals surface area contributed by atoms with Gasteiger partial charge in [0.2, 0.25) is 11.1 Å². The molecule has 4 heterocycles. The van der Waals surface area contributed by atoms with E-state index in [1.165, 1.54) is 22.9 Å². The Kier molecular flexibility index (Phi) is 6.38. The van der Waals surface area contributed by atoms with Gasteiger partial charge in [0.05, 0.1) is 24.0 Å². The van der Waals surface area contributed by atoms with Crippen LogP contribution in [0, 0.1) is 13.8 Å². The Morgan fingerprint density at radius 2 is 1.73 bits per heavy atom. The highest BCUT2D eigenvalue weighted by molar-refractivity contribution is 8.00. The zero-order chi connectivity index (χ0) is 25.6. The molecule has 0 aliphatic carbocycles. The number of carbonyl (C=O) groups excluding carboxylic acids is 1. The number of fused-ring (bicyclic) bond motifs is 3. The molecule has 2 fully saturated rings. The molecule has 0 bridgehead atoms. The predicted octanol–water partition coefficient (Wildman–Crippen LogP) is 4.49. The maximum absolute atomic E-state index is 13.2. The number of hydrogen-bond acceptors (Lipinski definition) is 7. The van der Waals surface area contributed by atoms with E-state index in [-0.39, 0.29) is 11.2 Å². The third kappa shape index (κ3) is 4.71. The van der Waals surface area contributed by atoms with Crippen LogP contribution < -0.4 is 0 Å². The third-order valence-electron chi connectivity index (χ3n) is 7.34. The summed E-state index contributed by atoms with van der Waals surface area (Å²) in [7, 11) is 0. The van der Waals surface area contributed by atoms with Crippen LogP contribution in [0.2, 0.25) is 0 Å². The Bertz CT molecular complexity index is 1450. The van der Waals surface area contributed by atoms with E-state index >= 15 is 0 Å². The molecular weight excluding hydrogens is 486 g/mol. The molecule has 0 N–H and O–H groups in total. The molecule has 2 aromatic carbocycles. The lowest BCUT2D eigenvalue weighted by atomic mass is 10.0. The van der Waals surface area contributed by atoms with Crippen LogP contribution in [0.25, 0.3) is 22.1 Å². The number of nitrogens with zero attached hydrogens (tertiary/aromatic N) is 5. The van der Waals surface area contributed by atoms with Crippen LogP contribution in [0.15, 0.2) is 47.6 Å². The van der Waals surface area contributed by atoms with Gasteiger partial charge in [-0.05, 0) is 38.5 Å². The number of amides is 1. The number of hydrogen-bond donors (Lipinski definition) is 0. The van der Waals surface area contributed by atoms with Crippen molar-refractivity contribution in [2.24, 2.45) is 0 Å². The number of piperidine rings is 1. The first-order valence-electron chi connectivity index (χ1n) is 12.8. The molecule has 0 radical (unpaired) electrons. The number of benzene rings is 2. The van der Waals surface area contributed by atoms with E-state index in [0.717, 1.165) is 27.6 Å². The molecule has 1 atom stereocenters. The Labute approximate surface area is 220 Å².